The van der Waals surface area contributed by atoms with E-state index in [1.54, 1.807) is 0 Å². The van der Waals surface area contributed by atoms with Crippen molar-refractivity contribution in [2.75, 3.05) is 39.8 Å². The van der Waals surface area contributed by atoms with Crippen LogP contribution in [0.1, 0.15) is 37.7 Å². The third-order valence-corrected chi connectivity index (χ3v) is 5.37. The van der Waals surface area contributed by atoms with E-state index in [-0.39, 0.29) is 24.0 Å². The molecule has 1 aromatic carbocycles. The summed E-state index contributed by atoms with van der Waals surface area (Å²) in [7, 11) is 1.91. The van der Waals surface area contributed by atoms with Gasteiger partial charge in [-0.3, -0.25) is 9.89 Å². The Balaban J connectivity index is 0.00000208. The zero-order chi connectivity index (χ0) is 16.1. The molecule has 1 N–H and O–H groups in total. The van der Waals surface area contributed by atoms with Gasteiger partial charge in [0.1, 0.15) is 0 Å². The molecular formula is C19H31IN4. The van der Waals surface area contributed by atoms with E-state index in [9.17, 15) is 0 Å². The average molecular weight is 442 g/mol. The number of aliphatic imine (C=N–C) groups is 1. The van der Waals surface area contributed by atoms with Gasteiger partial charge in [-0.15, -0.1) is 24.0 Å². The van der Waals surface area contributed by atoms with Gasteiger partial charge in [0, 0.05) is 38.6 Å². The van der Waals surface area contributed by atoms with Crippen molar-refractivity contribution < 1.29 is 0 Å². The van der Waals surface area contributed by atoms with Gasteiger partial charge in [-0.1, -0.05) is 37.3 Å². The monoisotopic (exact) mass is 442 g/mol. The molecule has 2 atom stereocenters. The molecular weight excluding hydrogens is 411 g/mol. The Hall–Kier alpha value is -0.820. The molecule has 2 saturated heterocycles. The second-order valence-corrected chi connectivity index (χ2v) is 6.70. The topological polar surface area (TPSA) is 30.9 Å². The summed E-state index contributed by atoms with van der Waals surface area (Å²) in [5, 5.41) is 3.62. The smallest absolute Gasteiger partial charge is 0.193 e. The summed E-state index contributed by atoms with van der Waals surface area (Å²) >= 11 is 0. The van der Waals surface area contributed by atoms with Crippen molar-refractivity contribution in [1.29, 1.82) is 0 Å². The highest BCUT2D eigenvalue weighted by Crippen LogP contribution is 2.27. The summed E-state index contributed by atoms with van der Waals surface area (Å²) in [5.74, 6) is 1.71. The fraction of sp³-hybridized carbons (Fsp3) is 0.632. The molecule has 0 aromatic heterocycles. The zero-order valence-corrected chi connectivity index (χ0v) is 17.3. The van der Waals surface area contributed by atoms with Crippen molar-refractivity contribution in [2.45, 2.75) is 38.1 Å². The number of hydrogen-bond donors (Lipinski definition) is 1. The first kappa shape index (κ1) is 19.5. The quantitative estimate of drug-likeness (QED) is 0.442. The lowest BCUT2D eigenvalue weighted by molar-refractivity contribution is 0.265. The molecule has 4 nitrogen and oxygen atoms in total. The highest BCUT2D eigenvalue weighted by molar-refractivity contribution is 14.0. The standard InChI is InChI=1S/C19H30N4.HI/c1-3-22-12-7-10-18(22)14-21-19(20-2)23-13-11-17(15-23)16-8-5-4-6-9-16;/h4-6,8-9,17-18H,3,7,10-15H2,1-2H3,(H,20,21);1H. The Kier molecular flexibility index (Phi) is 7.81. The summed E-state index contributed by atoms with van der Waals surface area (Å²) in [4.78, 5) is 9.52. The second kappa shape index (κ2) is 9.61. The fourth-order valence-electron chi connectivity index (χ4n) is 4.03. The fourth-order valence-corrected chi connectivity index (χ4v) is 4.03. The first-order valence-corrected chi connectivity index (χ1v) is 9.06. The molecule has 0 bridgehead atoms. The van der Waals surface area contributed by atoms with E-state index in [0.717, 1.165) is 32.1 Å². The molecule has 2 fully saturated rings. The molecule has 134 valence electrons. The minimum absolute atomic E-state index is 0. The maximum absolute atomic E-state index is 4.52. The number of rotatable bonds is 4. The van der Waals surface area contributed by atoms with Gasteiger partial charge in [-0.25, -0.2) is 0 Å². The van der Waals surface area contributed by atoms with Gasteiger partial charge in [0.2, 0.25) is 0 Å². The summed E-state index contributed by atoms with van der Waals surface area (Å²) in [5.41, 5.74) is 1.46. The number of hydrogen-bond acceptors (Lipinski definition) is 2. The largest absolute Gasteiger partial charge is 0.355 e. The van der Waals surface area contributed by atoms with Crippen molar-refractivity contribution in [2.24, 2.45) is 4.99 Å². The van der Waals surface area contributed by atoms with Crippen molar-refractivity contribution in [1.82, 2.24) is 15.1 Å². The minimum atomic E-state index is 0. The van der Waals surface area contributed by atoms with Gasteiger partial charge in [-0.05, 0) is 37.9 Å². The third-order valence-electron chi connectivity index (χ3n) is 5.37. The van der Waals surface area contributed by atoms with Crippen LogP contribution in [0.25, 0.3) is 0 Å². The van der Waals surface area contributed by atoms with Crippen LogP contribution >= 0.6 is 24.0 Å². The maximum Gasteiger partial charge on any atom is 0.193 e. The van der Waals surface area contributed by atoms with Crippen LogP contribution in [0.5, 0.6) is 0 Å². The molecule has 5 heteroatoms. The number of likely N-dealkylation sites (N-methyl/N-ethyl adjacent to an activating group) is 1. The summed E-state index contributed by atoms with van der Waals surface area (Å²) in [6.07, 6.45) is 3.86. The molecule has 0 amide bonds. The molecule has 0 spiro atoms. The molecule has 1 aromatic rings. The van der Waals surface area contributed by atoms with Gasteiger partial charge in [0.25, 0.3) is 0 Å². The second-order valence-electron chi connectivity index (χ2n) is 6.70. The van der Waals surface area contributed by atoms with Crippen LogP contribution in [0.4, 0.5) is 0 Å². The van der Waals surface area contributed by atoms with E-state index >= 15 is 0 Å². The minimum Gasteiger partial charge on any atom is -0.355 e. The van der Waals surface area contributed by atoms with E-state index in [1.807, 2.05) is 7.05 Å². The van der Waals surface area contributed by atoms with E-state index in [2.05, 4.69) is 57.4 Å². The van der Waals surface area contributed by atoms with E-state index in [4.69, 9.17) is 0 Å². The molecule has 24 heavy (non-hydrogen) atoms. The van der Waals surface area contributed by atoms with Crippen molar-refractivity contribution in [3.05, 3.63) is 35.9 Å². The molecule has 2 unspecified atom stereocenters. The average Bonchev–Trinajstić information content (AvgIpc) is 3.25. The lowest BCUT2D eigenvalue weighted by Crippen LogP contribution is -2.46. The van der Waals surface area contributed by atoms with Gasteiger partial charge in [0.05, 0.1) is 0 Å². The Morgan fingerprint density at radius 3 is 2.71 bits per heavy atom. The first-order valence-electron chi connectivity index (χ1n) is 9.06. The molecule has 0 saturated carbocycles. The molecule has 2 aliphatic rings. The summed E-state index contributed by atoms with van der Waals surface area (Å²) in [6, 6.07) is 11.6. The van der Waals surface area contributed by atoms with Gasteiger partial charge >= 0.3 is 0 Å². The van der Waals surface area contributed by atoms with Gasteiger partial charge in [0.15, 0.2) is 5.96 Å². The molecule has 3 rings (SSSR count). The van der Waals surface area contributed by atoms with Crippen LogP contribution < -0.4 is 5.32 Å². The zero-order valence-electron chi connectivity index (χ0n) is 14.9. The highest BCUT2D eigenvalue weighted by Gasteiger charge is 2.27. The third kappa shape index (κ3) is 4.63. The molecule has 0 aliphatic carbocycles. The number of guanidine groups is 1. The predicted octanol–water partition coefficient (Wildman–Crippen LogP) is 3.15. The SMILES string of the molecule is CCN1CCCC1CNC(=NC)N1CCC(c2ccccc2)C1.I. The number of benzene rings is 1. The number of likely N-dealkylation sites (tertiary alicyclic amines) is 2. The van der Waals surface area contributed by atoms with E-state index in [0.29, 0.717) is 12.0 Å². The molecule has 2 heterocycles. The highest BCUT2D eigenvalue weighted by atomic mass is 127. The van der Waals surface area contributed by atoms with Gasteiger partial charge in [-0.2, -0.15) is 0 Å². The van der Waals surface area contributed by atoms with Crippen molar-refractivity contribution >= 4 is 29.9 Å². The summed E-state index contributed by atoms with van der Waals surface area (Å²) < 4.78 is 0. The first-order chi connectivity index (χ1) is 11.3. The van der Waals surface area contributed by atoms with Crippen molar-refractivity contribution in [3.63, 3.8) is 0 Å². The number of halogens is 1. The maximum atomic E-state index is 4.52. The Morgan fingerprint density at radius 2 is 2.00 bits per heavy atom. The summed E-state index contributed by atoms with van der Waals surface area (Å²) in [6.45, 7) is 7.87. The number of nitrogens with one attached hydrogen (secondary N) is 1. The van der Waals surface area contributed by atoms with Crippen LogP contribution in [0.2, 0.25) is 0 Å². The normalized spacial score (nSPS) is 24.9. The lowest BCUT2D eigenvalue weighted by Gasteiger charge is -2.27. The van der Waals surface area contributed by atoms with E-state index < -0.39 is 0 Å². The molecule has 0 radical (unpaired) electrons. The Labute approximate surface area is 163 Å². The van der Waals surface area contributed by atoms with Crippen LogP contribution in [0, 0.1) is 0 Å². The van der Waals surface area contributed by atoms with E-state index in [1.165, 1.54) is 31.4 Å². The number of nitrogens with zero attached hydrogens (tertiary/aromatic N) is 3. The van der Waals surface area contributed by atoms with Crippen LogP contribution in [0.15, 0.2) is 35.3 Å². The van der Waals surface area contributed by atoms with Crippen molar-refractivity contribution in [3.8, 4) is 0 Å². The van der Waals surface area contributed by atoms with Crippen LogP contribution in [-0.4, -0.2) is 61.6 Å². The predicted molar refractivity (Wildman–Crippen MR) is 112 cm³/mol. The van der Waals surface area contributed by atoms with Gasteiger partial charge < -0.3 is 10.2 Å². The Bertz CT molecular complexity index is 519. The molecule has 2 aliphatic heterocycles. The van der Waals surface area contributed by atoms with Crippen LogP contribution in [0.3, 0.4) is 0 Å². The lowest BCUT2D eigenvalue weighted by atomic mass is 9.99. The van der Waals surface area contributed by atoms with Crippen LogP contribution in [-0.2, 0) is 0 Å². The Morgan fingerprint density at radius 1 is 1.21 bits per heavy atom.